The van der Waals surface area contributed by atoms with Gasteiger partial charge in [-0.2, -0.15) is 0 Å². The second kappa shape index (κ2) is 27.6. The lowest BCUT2D eigenvalue weighted by Gasteiger charge is -2.09. The van der Waals surface area contributed by atoms with Gasteiger partial charge in [-0.25, -0.2) is 19.2 Å². The maximum absolute atomic E-state index is 13.0. The fourth-order valence-corrected chi connectivity index (χ4v) is 6.81. The van der Waals surface area contributed by atoms with Crippen LogP contribution in [-0.4, -0.2) is 37.1 Å². The van der Waals surface area contributed by atoms with Gasteiger partial charge >= 0.3 is 23.9 Å². The molecule has 0 unspecified atom stereocenters. The van der Waals surface area contributed by atoms with Gasteiger partial charge in [0.25, 0.3) is 0 Å². The zero-order valence-electron chi connectivity index (χ0n) is 37.4. The lowest BCUT2D eigenvalue weighted by atomic mass is 10.1. The lowest BCUT2D eigenvalue weighted by molar-refractivity contribution is 0.0713. The largest absolute Gasteiger partial charge is 0.494 e. The van der Waals surface area contributed by atoms with E-state index in [1.165, 1.54) is 138 Å². The Bertz CT molecular complexity index is 2160. The van der Waals surface area contributed by atoms with E-state index in [9.17, 15) is 19.2 Å². The standard InChI is InChI=1S/C54H62O10/c1-3-5-7-9-11-13-15-17-38-59-45-28-22-41(23-29-45)51(55)61-47-32-26-43(27-33-47)53(57)64-50-21-19-20-44(40-50)54(58)63-49-36-34-48(35-37-49)62-52(56)42-24-30-46(31-25-42)60-39-18-16-14-12-10-8-6-4-2/h19-37,40H,3-18,38-39H2,1-2H3. The van der Waals surface area contributed by atoms with Gasteiger partial charge < -0.3 is 28.4 Å². The Kier molecular flexibility index (Phi) is 21.0. The molecule has 0 aliphatic rings. The molecule has 0 bridgehead atoms. The summed E-state index contributed by atoms with van der Waals surface area (Å²) >= 11 is 0. The van der Waals surface area contributed by atoms with Gasteiger partial charge in [-0.05, 0) is 128 Å². The van der Waals surface area contributed by atoms with Crippen molar-refractivity contribution in [1.29, 1.82) is 0 Å². The second-order valence-corrected chi connectivity index (χ2v) is 15.8. The molecule has 64 heavy (non-hydrogen) atoms. The van der Waals surface area contributed by atoms with Gasteiger partial charge in [0.15, 0.2) is 0 Å². The van der Waals surface area contributed by atoms with E-state index >= 15 is 0 Å². The molecule has 0 atom stereocenters. The molecule has 0 heterocycles. The van der Waals surface area contributed by atoms with E-state index in [2.05, 4.69) is 13.8 Å². The molecule has 0 fully saturated rings. The number of rotatable bonds is 28. The van der Waals surface area contributed by atoms with Gasteiger partial charge in [-0.3, -0.25) is 0 Å². The van der Waals surface area contributed by atoms with Crippen molar-refractivity contribution < 1.29 is 47.6 Å². The van der Waals surface area contributed by atoms with E-state index in [1.54, 1.807) is 60.7 Å². The molecule has 10 heteroatoms. The first-order valence-electron chi connectivity index (χ1n) is 23.0. The van der Waals surface area contributed by atoms with Crippen molar-refractivity contribution in [2.24, 2.45) is 0 Å². The highest BCUT2D eigenvalue weighted by atomic mass is 16.6. The first-order valence-corrected chi connectivity index (χ1v) is 23.0. The number of ether oxygens (including phenoxy) is 6. The highest BCUT2D eigenvalue weighted by Crippen LogP contribution is 2.24. The summed E-state index contributed by atoms with van der Waals surface area (Å²) in [6.07, 6.45) is 19.7. The van der Waals surface area contributed by atoms with Crippen LogP contribution >= 0.6 is 0 Å². The number of unbranched alkanes of at least 4 members (excludes halogenated alkanes) is 14. The molecular formula is C54H62O10. The van der Waals surface area contributed by atoms with Gasteiger partial charge in [0, 0.05) is 0 Å². The van der Waals surface area contributed by atoms with Crippen molar-refractivity contribution in [2.45, 2.75) is 117 Å². The molecule has 5 aromatic carbocycles. The van der Waals surface area contributed by atoms with Crippen LogP contribution in [0.5, 0.6) is 34.5 Å². The second-order valence-electron chi connectivity index (χ2n) is 15.8. The molecule has 5 rings (SSSR count). The van der Waals surface area contributed by atoms with Crippen LogP contribution < -0.4 is 28.4 Å². The summed E-state index contributed by atoms with van der Waals surface area (Å²) in [5, 5.41) is 0. The third kappa shape index (κ3) is 17.4. The third-order valence-corrected chi connectivity index (χ3v) is 10.5. The van der Waals surface area contributed by atoms with Crippen LogP contribution in [0.4, 0.5) is 0 Å². The summed E-state index contributed by atoms with van der Waals surface area (Å²) in [6, 6.07) is 31.7. The molecule has 5 aromatic rings. The molecule has 10 nitrogen and oxygen atoms in total. The monoisotopic (exact) mass is 870 g/mol. The van der Waals surface area contributed by atoms with E-state index in [0.29, 0.717) is 35.8 Å². The van der Waals surface area contributed by atoms with Crippen LogP contribution in [0.1, 0.15) is 158 Å². The number of hydrogen-bond acceptors (Lipinski definition) is 10. The lowest BCUT2D eigenvalue weighted by Crippen LogP contribution is -2.12. The third-order valence-electron chi connectivity index (χ3n) is 10.5. The Balaban J connectivity index is 1.00. The average Bonchev–Trinajstić information content (AvgIpc) is 3.31. The normalized spacial score (nSPS) is 10.8. The fraction of sp³-hybridized carbons (Fsp3) is 0.370. The molecule has 338 valence electrons. The van der Waals surface area contributed by atoms with Crippen LogP contribution in [-0.2, 0) is 0 Å². The van der Waals surface area contributed by atoms with Gasteiger partial charge in [-0.15, -0.1) is 0 Å². The number of carbonyl (C=O) groups excluding carboxylic acids is 4. The summed E-state index contributed by atoms with van der Waals surface area (Å²) in [7, 11) is 0. The van der Waals surface area contributed by atoms with E-state index in [1.807, 2.05) is 0 Å². The van der Waals surface area contributed by atoms with Crippen molar-refractivity contribution in [2.75, 3.05) is 13.2 Å². The van der Waals surface area contributed by atoms with E-state index in [4.69, 9.17) is 28.4 Å². The molecule has 0 N–H and O–H groups in total. The summed E-state index contributed by atoms with van der Waals surface area (Å²) in [5.41, 5.74) is 1.10. The molecule has 0 amide bonds. The number of carbonyl (C=O) groups is 4. The molecule has 0 saturated carbocycles. The Morgan fingerprint density at radius 2 is 0.609 bits per heavy atom. The zero-order chi connectivity index (χ0) is 45.2. The predicted octanol–water partition coefficient (Wildman–Crippen LogP) is 13.6. The van der Waals surface area contributed by atoms with E-state index in [0.717, 1.165) is 25.7 Å². The van der Waals surface area contributed by atoms with Crippen molar-refractivity contribution in [3.8, 4) is 34.5 Å². The smallest absolute Gasteiger partial charge is 0.343 e. The number of esters is 4. The summed E-state index contributed by atoms with van der Waals surface area (Å²) in [5.74, 6) is -0.136. The summed E-state index contributed by atoms with van der Waals surface area (Å²) in [4.78, 5) is 51.5. The zero-order valence-corrected chi connectivity index (χ0v) is 37.4. The Morgan fingerprint density at radius 1 is 0.312 bits per heavy atom. The molecule has 0 saturated heterocycles. The molecule has 0 aliphatic carbocycles. The Labute approximate surface area is 378 Å². The summed E-state index contributed by atoms with van der Waals surface area (Å²) in [6.45, 7) is 5.73. The summed E-state index contributed by atoms with van der Waals surface area (Å²) < 4.78 is 33.7. The van der Waals surface area contributed by atoms with Crippen LogP contribution in [0.25, 0.3) is 0 Å². The van der Waals surface area contributed by atoms with Gasteiger partial charge in [0.05, 0.1) is 35.5 Å². The minimum absolute atomic E-state index is 0.130. The van der Waals surface area contributed by atoms with Crippen molar-refractivity contribution in [3.05, 3.63) is 144 Å². The molecular weight excluding hydrogens is 809 g/mol. The first kappa shape index (κ1) is 48.6. The number of hydrogen-bond donors (Lipinski definition) is 0. The minimum Gasteiger partial charge on any atom is -0.494 e. The van der Waals surface area contributed by atoms with E-state index in [-0.39, 0.29) is 34.1 Å². The Morgan fingerprint density at radius 3 is 0.984 bits per heavy atom. The maximum Gasteiger partial charge on any atom is 0.343 e. The van der Waals surface area contributed by atoms with Crippen LogP contribution in [0.3, 0.4) is 0 Å². The van der Waals surface area contributed by atoms with Crippen LogP contribution in [0.15, 0.2) is 121 Å². The Hall–Kier alpha value is -6.42. The van der Waals surface area contributed by atoms with Crippen molar-refractivity contribution >= 4 is 23.9 Å². The van der Waals surface area contributed by atoms with Gasteiger partial charge in [0.2, 0.25) is 0 Å². The number of benzene rings is 5. The van der Waals surface area contributed by atoms with Crippen molar-refractivity contribution in [1.82, 2.24) is 0 Å². The first-order chi connectivity index (χ1) is 31.3. The van der Waals surface area contributed by atoms with E-state index < -0.39 is 23.9 Å². The fourth-order valence-electron chi connectivity index (χ4n) is 6.81. The SMILES string of the molecule is CCCCCCCCCCOc1ccc(C(=O)Oc2ccc(OC(=O)c3cccc(OC(=O)c4ccc(OC(=O)c5ccc(OCCCCCCCCCC)cc5)cc4)c3)cc2)cc1. The topological polar surface area (TPSA) is 124 Å². The van der Waals surface area contributed by atoms with Gasteiger partial charge in [0.1, 0.15) is 34.5 Å². The predicted molar refractivity (Wildman–Crippen MR) is 248 cm³/mol. The average molecular weight is 871 g/mol. The van der Waals surface area contributed by atoms with Crippen LogP contribution in [0.2, 0.25) is 0 Å². The van der Waals surface area contributed by atoms with Gasteiger partial charge in [-0.1, -0.05) is 110 Å². The maximum atomic E-state index is 13.0. The molecule has 0 spiro atoms. The highest BCUT2D eigenvalue weighted by molar-refractivity contribution is 5.94. The molecule has 0 aliphatic heterocycles. The highest BCUT2D eigenvalue weighted by Gasteiger charge is 2.16. The quantitative estimate of drug-likeness (QED) is 0.0272. The molecule has 0 aromatic heterocycles. The minimum atomic E-state index is -0.681. The molecule has 0 radical (unpaired) electrons. The van der Waals surface area contributed by atoms with Crippen molar-refractivity contribution in [3.63, 3.8) is 0 Å². The van der Waals surface area contributed by atoms with Crippen LogP contribution in [0, 0.1) is 0 Å².